The summed E-state index contributed by atoms with van der Waals surface area (Å²) < 4.78 is 2.16. The topological polar surface area (TPSA) is 29.9 Å². The van der Waals surface area contributed by atoms with Gasteiger partial charge >= 0.3 is 0 Å². The third-order valence-corrected chi connectivity index (χ3v) is 3.63. The Hall–Kier alpha value is -1.79. The van der Waals surface area contributed by atoms with E-state index in [0.717, 1.165) is 42.8 Å². The van der Waals surface area contributed by atoms with E-state index >= 15 is 0 Å². The van der Waals surface area contributed by atoms with Gasteiger partial charge in [0.2, 0.25) is 0 Å². The summed E-state index contributed by atoms with van der Waals surface area (Å²) in [6, 6.07) is 6.48. The minimum atomic E-state index is 0.585. The monoisotopic (exact) mass is 283 g/mol. The van der Waals surface area contributed by atoms with Crippen molar-refractivity contribution in [3.8, 4) is 12.3 Å². The van der Waals surface area contributed by atoms with Gasteiger partial charge in [-0.1, -0.05) is 32.8 Å². The number of aryl methyl sites for hydroxylation is 1. The van der Waals surface area contributed by atoms with Crippen molar-refractivity contribution in [2.24, 2.45) is 5.92 Å². The summed E-state index contributed by atoms with van der Waals surface area (Å²) in [5.74, 6) is 4.49. The zero-order chi connectivity index (χ0) is 15.2. The Bertz CT molecular complexity index is 632. The molecule has 3 heteroatoms. The van der Waals surface area contributed by atoms with Crippen LogP contribution in [0.2, 0.25) is 0 Å². The molecule has 0 aliphatic carbocycles. The number of terminal acetylenes is 1. The Balaban J connectivity index is 2.20. The highest BCUT2D eigenvalue weighted by Gasteiger charge is 2.10. The van der Waals surface area contributed by atoms with E-state index < -0.39 is 0 Å². The molecule has 0 spiro atoms. The zero-order valence-corrected chi connectivity index (χ0v) is 13.3. The van der Waals surface area contributed by atoms with E-state index in [1.54, 1.807) is 0 Å². The van der Waals surface area contributed by atoms with Crippen LogP contribution in [-0.4, -0.2) is 22.6 Å². The minimum Gasteiger partial charge on any atom is -0.316 e. The Labute approximate surface area is 127 Å². The van der Waals surface area contributed by atoms with Crippen molar-refractivity contribution in [2.75, 3.05) is 13.1 Å². The molecule has 0 fully saturated rings. The lowest BCUT2D eigenvalue weighted by Crippen LogP contribution is -2.23. The van der Waals surface area contributed by atoms with Crippen molar-refractivity contribution < 1.29 is 0 Å². The average Bonchev–Trinajstić information content (AvgIpc) is 2.81. The molecule has 0 atom stereocenters. The lowest BCUT2D eigenvalue weighted by atomic mass is 10.1. The van der Waals surface area contributed by atoms with Crippen LogP contribution in [0.3, 0.4) is 0 Å². The molecule has 1 aromatic heterocycles. The highest BCUT2D eigenvalue weighted by molar-refractivity contribution is 5.77. The normalized spacial score (nSPS) is 11.2. The van der Waals surface area contributed by atoms with Crippen LogP contribution in [-0.2, 0) is 19.4 Å². The maximum atomic E-state index is 5.52. The molecule has 0 saturated carbocycles. The van der Waals surface area contributed by atoms with Crippen LogP contribution in [0.4, 0.5) is 0 Å². The van der Waals surface area contributed by atoms with Crippen LogP contribution in [0.1, 0.15) is 32.2 Å². The van der Waals surface area contributed by atoms with E-state index in [9.17, 15) is 0 Å². The summed E-state index contributed by atoms with van der Waals surface area (Å²) in [4.78, 5) is 4.78. The van der Waals surface area contributed by atoms with Gasteiger partial charge in [0.25, 0.3) is 0 Å². The number of nitrogens with zero attached hydrogens (tertiary/aromatic N) is 2. The first kappa shape index (κ1) is 15.6. The second-order valence-corrected chi connectivity index (χ2v) is 5.84. The zero-order valence-electron chi connectivity index (χ0n) is 13.3. The molecule has 3 nitrogen and oxygen atoms in total. The summed E-state index contributed by atoms with van der Waals surface area (Å²) >= 11 is 0. The van der Waals surface area contributed by atoms with Crippen LogP contribution in [0, 0.1) is 18.3 Å². The third-order valence-electron chi connectivity index (χ3n) is 3.63. The Kier molecular flexibility index (Phi) is 5.41. The quantitative estimate of drug-likeness (QED) is 0.625. The van der Waals surface area contributed by atoms with Gasteiger partial charge in [0.1, 0.15) is 5.82 Å². The van der Waals surface area contributed by atoms with Crippen molar-refractivity contribution in [1.82, 2.24) is 14.9 Å². The third kappa shape index (κ3) is 3.86. The van der Waals surface area contributed by atoms with Crippen molar-refractivity contribution in [3.05, 3.63) is 29.6 Å². The Morgan fingerprint density at radius 3 is 2.86 bits per heavy atom. The molecule has 0 aliphatic heterocycles. The summed E-state index contributed by atoms with van der Waals surface area (Å²) in [5.41, 5.74) is 3.52. The first-order valence-electron chi connectivity index (χ1n) is 7.78. The number of imidazole rings is 1. The molecular weight excluding hydrogens is 258 g/mol. The maximum absolute atomic E-state index is 5.52. The van der Waals surface area contributed by atoms with Crippen molar-refractivity contribution in [2.45, 2.75) is 40.2 Å². The van der Waals surface area contributed by atoms with Crippen LogP contribution < -0.4 is 5.32 Å². The number of benzene rings is 1. The second kappa shape index (κ2) is 7.28. The summed E-state index contributed by atoms with van der Waals surface area (Å²) in [7, 11) is 0. The van der Waals surface area contributed by atoms with Crippen molar-refractivity contribution >= 4 is 11.0 Å². The van der Waals surface area contributed by atoms with Crippen LogP contribution in [0.25, 0.3) is 11.0 Å². The van der Waals surface area contributed by atoms with Gasteiger partial charge in [-0.05, 0) is 36.6 Å². The maximum Gasteiger partial charge on any atom is 0.111 e. The highest BCUT2D eigenvalue weighted by atomic mass is 15.1. The SMILES string of the molecule is C#CCn1c(CCNCC(C)C)nc2cc(CC)ccc21. The molecule has 0 bridgehead atoms. The summed E-state index contributed by atoms with van der Waals surface area (Å²) in [5, 5.41) is 3.46. The first-order valence-corrected chi connectivity index (χ1v) is 7.78. The molecular formula is C18H25N3. The largest absolute Gasteiger partial charge is 0.316 e. The standard InChI is InChI=1S/C18H25N3/c1-5-11-21-17-8-7-15(6-2)12-16(17)20-18(21)9-10-19-13-14(3)4/h1,7-8,12,14,19H,6,9-11,13H2,2-4H3. The molecule has 0 unspecified atom stereocenters. The number of hydrogen-bond acceptors (Lipinski definition) is 2. The first-order chi connectivity index (χ1) is 10.2. The minimum absolute atomic E-state index is 0.585. The summed E-state index contributed by atoms with van der Waals surface area (Å²) in [6.45, 7) is 9.15. The summed E-state index contributed by atoms with van der Waals surface area (Å²) in [6.07, 6.45) is 7.45. The van der Waals surface area contributed by atoms with E-state index in [0.29, 0.717) is 12.5 Å². The lowest BCUT2D eigenvalue weighted by Gasteiger charge is -2.08. The number of aromatic nitrogens is 2. The number of rotatable bonds is 7. The van der Waals surface area contributed by atoms with E-state index in [1.807, 2.05) is 0 Å². The van der Waals surface area contributed by atoms with Crippen molar-refractivity contribution in [1.29, 1.82) is 0 Å². The van der Waals surface area contributed by atoms with Gasteiger partial charge < -0.3 is 9.88 Å². The van der Waals surface area contributed by atoms with Gasteiger partial charge in [-0.25, -0.2) is 4.98 Å². The fourth-order valence-electron chi connectivity index (χ4n) is 2.49. The molecule has 0 saturated heterocycles. The second-order valence-electron chi connectivity index (χ2n) is 5.84. The molecule has 2 rings (SSSR count). The molecule has 21 heavy (non-hydrogen) atoms. The molecule has 0 amide bonds. The van der Waals surface area contributed by atoms with Gasteiger partial charge in [-0.15, -0.1) is 6.42 Å². The van der Waals surface area contributed by atoms with Crippen LogP contribution in [0.15, 0.2) is 18.2 Å². The van der Waals surface area contributed by atoms with Gasteiger partial charge in [0.15, 0.2) is 0 Å². The van der Waals surface area contributed by atoms with E-state index in [4.69, 9.17) is 11.4 Å². The predicted molar refractivity (Wildman–Crippen MR) is 89.4 cm³/mol. The Morgan fingerprint density at radius 2 is 2.19 bits per heavy atom. The molecule has 1 N–H and O–H groups in total. The molecule has 112 valence electrons. The Morgan fingerprint density at radius 1 is 1.38 bits per heavy atom. The van der Waals surface area contributed by atoms with Crippen LogP contribution >= 0.6 is 0 Å². The molecule has 2 aromatic rings. The molecule has 0 aliphatic rings. The van der Waals surface area contributed by atoms with Gasteiger partial charge in [0, 0.05) is 13.0 Å². The van der Waals surface area contributed by atoms with E-state index in [1.165, 1.54) is 5.56 Å². The van der Waals surface area contributed by atoms with Crippen LogP contribution in [0.5, 0.6) is 0 Å². The fraction of sp³-hybridized carbons (Fsp3) is 0.500. The van der Waals surface area contributed by atoms with Gasteiger partial charge in [-0.2, -0.15) is 0 Å². The number of hydrogen-bond donors (Lipinski definition) is 1. The number of fused-ring (bicyclic) bond motifs is 1. The predicted octanol–water partition coefficient (Wildman–Crippen LogP) is 3.02. The number of nitrogens with one attached hydrogen (secondary N) is 1. The van der Waals surface area contributed by atoms with Gasteiger partial charge in [0.05, 0.1) is 17.6 Å². The van der Waals surface area contributed by atoms with E-state index in [-0.39, 0.29) is 0 Å². The molecule has 1 heterocycles. The average molecular weight is 283 g/mol. The van der Waals surface area contributed by atoms with Gasteiger partial charge in [-0.3, -0.25) is 0 Å². The smallest absolute Gasteiger partial charge is 0.111 e. The van der Waals surface area contributed by atoms with Crippen molar-refractivity contribution in [3.63, 3.8) is 0 Å². The molecule has 0 radical (unpaired) electrons. The fourth-order valence-corrected chi connectivity index (χ4v) is 2.49. The lowest BCUT2D eigenvalue weighted by molar-refractivity contribution is 0.547. The highest BCUT2D eigenvalue weighted by Crippen LogP contribution is 2.18. The molecule has 1 aromatic carbocycles. The van der Waals surface area contributed by atoms with E-state index in [2.05, 4.69) is 54.8 Å².